The van der Waals surface area contributed by atoms with Crippen molar-refractivity contribution in [3.05, 3.63) is 58.1 Å². The Labute approximate surface area is 132 Å². The van der Waals surface area contributed by atoms with Crippen LogP contribution in [-0.4, -0.2) is 11.5 Å². The van der Waals surface area contributed by atoms with Crippen LogP contribution in [0, 0.1) is 5.82 Å². The van der Waals surface area contributed by atoms with Gasteiger partial charge in [0.2, 0.25) is 0 Å². The lowest BCUT2D eigenvalue weighted by atomic mass is 10.2. The molecule has 21 heavy (non-hydrogen) atoms. The summed E-state index contributed by atoms with van der Waals surface area (Å²) in [6.45, 7) is 3.96. The molecule has 2 rings (SSSR count). The van der Waals surface area contributed by atoms with Crippen LogP contribution in [-0.2, 0) is 13.2 Å². The molecule has 0 bridgehead atoms. The molecule has 0 saturated heterocycles. The fourth-order valence-electron chi connectivity index (χ4n) is 1.86. The molecule has 0 aliphatic rings. The number of ether oxygens (including phenoxy) is 1. The van der Waals surface area contributed by atoms with E-state index in [1.165, 1.54) is 12.1 Å². The van der Waals surface area contributed by atoms with E-state index in [2.05, 4.69) is 33.2 Å². The molecular formula is C16H18BrFN2O. The molecule has 0 spiro atoms. The Hall–Kier alpha value is -1.46. The number of nitrogens with zero attached hydrogens (tertiary/aromatic N) is 1. The van der Waals surface area contributed by atoms with Crippen LogP contribution in [0.15, 0.2) is 41.0 Å². The zero-order valence-corrected chi connectivity index (χ0v) is 13.5. The van der Waals surface area contributed by atoms with Gasteiger partial charge in [-0.1, -0.05) is 6.92 Å². The normalized spacial score (nSPS) is 10.6. The number of aromatic nitrogens is 1. The maximum absolute atomic E-state index is 13.6. The van der Waals surface area contributed by atoms with E-state index in [4.69, 9.17) is 4.74 Å². The molecule has 1 N–H and O–H groups in total. The van der Waals surface area contributed by atoms with Crippen LogP contribution in [0.3, 0.4) is 0 Å². The van der Waals surface area contributed by atoms with Gasteiger partial charge >= 0.3 is 0 Å². The zero-order chi connectivity index (χ0) is 15.1. The molecule has 0 fully saturated rings. The lowest BCUT2D eigenvalue weighted by molar-refractivity contribution is 0.299. The quantitative estimate of drug-likeness (QED) is 0.763. The van der Waals surface area contributed by atoms with E-state index >= 15 is 0 Å². The van der Waals surface area contributed by atoms with Crippen LogP contribution >= 0.6 is 15.9 Å². The Balaban J connectivity index is 1.97. The Morgan fingerprint density at radius 3 is 2.86 bits per heavy atom. The van der Waals surface area contributed by atoms with Crippen molar-refractivity contribution in [2.24, 2.45) is 0 Å². The number of pyridine rings is 1. The minimum absolute atomic E-state index is 0.287. The zero-order valence-electron chi connectivity index (χ0n) is 11.9. The van der Waals surface area contributed by atoms with Crippen LogP contribution in [0.25, 0.3) is 0 Å². The van der Waals surface area contributed by atoms with Crippen molar-refractivity contribution in [3.63, 3.8) is 0 Å². The van der Waals surface area contributed by atoms with E-state index < -0.39 is 0 Å². The second-order valence-corrected chi connectivity index (χ2v) is 5.64. The molecule has 0 radical (unpaired) electrons. The van der Waals surface area contributed by atoms with Crippen molar-refractivity contribution in [3.8, 4) is 5.75 Å². The highest BCUT2D eigenvalue weighted by atomic mass is 79.9. The summed E-state index contributed by atoms with van der Waals surface area (Å²) in [7, 11) is 0. The monoisotopic (exact) mass is 352 g/mol. The fourth-order valence-corrected chi connectivity index (χ4v) is 2.10. The summed E-state index contributed by atoms with van der Waals surface area (Å²) in [6.07, 6.45) is 2.76. The van der Waals surface area contributed by atoms with Gasteiger partial charge in [0.1, 0.15) is 18.2 Å². The first-order valence-corrected chi connectivity index (χ1v) is 7.70. The van der Waals surface area contributed by atoms with Crippen LogP contribution in [0.1, 0.15) is 24.6 Å². The molecule has 0 amide bonds. The predicted molar refractivity (Wildman–Crippen MR) is 84.7 cm³/mol. The molecule has 3 nitrogen and oxygen atoms in total. The Kier molecular flexibility index (Phi) is 6.14. The maximum Gasteiger partial charge on any atom is 0.130 e. The average molecular weight is 353 g/mol. The van der Waals surface area contributed by atoms with Gasteiger partial charge in [-0.05, 0) is 58.7 Å². The van der Waals surface area contributed by atoms with Gasteiger partial charge in [0.15, 0.2) is 0 Å². The van der Waals surface area contributed by atoms with Crippen LogP contribution in [0.2, 0.25) is 0 Å². The van der Waals surface area contributed by atoms with Crippen molar-refractivity contribution in [1.29, 1.82) is 0 Å². The summed E-state index contributed by atoms with van der Waals surface area (Å²) in [5, 5.41) is 3.25. The van der Waals surface area contributed by atoms with E-state index in [0.717, 1.165) is 28.7 Å². The molecule has 2 aromatic rings. The molecule has 0 aliphatic carbocycles. The summed E-state index contributed by atoms with van der Waals surface area (Å²) < 4.78 is 20.1. The van der Waals surface area contributed by atoms with E-state index in [9.17, 15) is 4.39 Å². The van der Waals surface area contributed by atoms with Crippen molar-refractivity contribution >= 4 is 15.9 Å². The minimum Gasteiger partial charge on any atom is -0.487 e. The lowest BCUT2D eigenvalue weighted by Gasteiger charge is -2.09. The topological polar surface area (TPSA) is 34.1 Å². The number of hydrogen-bond acceptors (Lipinski definition) is 3. The van der Waals surface area contributed by atoms with Gasteiger partial charge in [-0.2, -0.15) is 0 Å². The lowest BCUT2D eigenvalue weighted by Crippen LogP contribution is -2.14. The van der Waals surface area contributed by atoms with Gasteiger partial charge < -0.3 is 10.1 Å². The highest BCUT2D eigenvalue weighted by molar-refractivity contribution is 9.10. The van der Waals surface area contributed by atoms with Crippen molar-refractivity contribution < 1.29 is 9.13 Å². The molecular weight excluding hydrogens is 335 g/mol. The second kappa shape index (κ2) is 8.10. The standard InChI is InChI=1S/C16H18BrFN2O/c1-2-5-19-9-12-6-14(18)8-16(7-12)21-11-15-4-3-13(17)10-20-15/h3-4,6-8,10,19H,2,5,9,11H2,1H3. The van der Waals surface area contributed by atoms with Gasteiger partial charge in [0, 0.05) is 23.3 Å². The van der Waals surface area contributed by atoms with E-state index in [1.807, 2.05) is 18.2 Å². The van der Waals surface area contributed by atoms with Crippen LogP contribution in [0.5, 0.6) is 5.75 Å². The largest absolute Gasteiger partial charge is 0.487 e. The average Bonchev–Trinajstić information content (AvgIpc) is 2.46. The van der Waals surface area contributed by atoms with Crippen molar-refractivity contribution in [2.75, 3.05) is 6.54 Å². The summed E-state index contributed by atoms with van der Waals surface area (Å²) >= 11 is 3.33. The third kappa shape index (κ3) is 5.44. The molecule has 0 saturated carbocycles. The first-order chi connectivity index (χ1) is 10.2. The number of halogens is 2. The first kappa shape index (κ1) is 15.9. The van der Waals surface area contributed by atoms with Crippen molar-refractivity contribution in [2.45, 2.75) is 26.5 Å². The van der Waals surface area contributed by atoms with Gasteiger partial charge in [-0.3, -0.25) is 4.98 Å². The predicted octanol–water partition coefficient (Wildman–Crippen LogP) is 4.06. The molecule has 1 aromatic heterocycles. The van der Waals surface area contributed by atoms with E-state index in [1.54, 1.807) is 6.20 Å². The Morgan fingerprint density at radius 1 is 1.29 bits per heavy atom. The highest BCUT2D eigenvalue weighted by Gasteiger charge is 2.03. The molecule has 0 aliphatic heterocycles. The van der Waals surface area contributed by atoms with E-state index in [0.29, 0.717) is 18.9 Å². The van der Waals surface area contributed by atoms with E-state index in [-0.39, 0.29) is 5.82 Å². The smallest absolute Gasteiger partial charge is 0.130 e. The number of benzene rings is 1. The second-order valence-electron chi connectivity index (χ2n) is 4.73. The van der Waals surface area contributed by atoms with Crippen LogP contribution in [0.4, 0.5) is 4.39 Å². The van der Waals surface area contributed by atoms with Gasteiger partial charge in [0.25, 0.3) is 0 Å². The Morgan fingerprint density at radius 2 is 2.14 bits per heavy atom. The number of nitrogens with one attached hydrogen (secondary N) is 1. The summed E-state index contributed by atoms with van der Waals surface area (Å²) in [5.74, 6) is 0.234. The van der Waals surface area contributed by atoms with Crippen LogP contribution < -0.4 is 10.1 Å². The van der Waals surface area contributed by atoms with Gasteiger partial charge in [0.05, 0.1) is 5.69 Å². The molecule has 112 valence electrons. The summed E-state index contributed by atoms with van der Waals surface area (Å²) in [6, 6.07) is 8.53. The fraction of sp³-hybridized carbons (Fsp3) is 0.312. The highest BCUT2D eigenvalue weighted by Crippen LogP contribution is 2.18. The van der Waals surface area contributed by atoms with Gasteiger partial charge in [-0.25, -0.2) is 4.39 Å². The minimum atomic E-state index is -0.287. The molecule has 0 atom stereocenters. The Bertz CT molecular complexity index is 575. The SMILES string of the molecule is CCCNCc1cc(F)cc(OCc2ccc(Br)cn2)c1. The summed E-state index contributed by atoms with van der Waals surface area (Å²) in [5.41, 5.74) is 1.68. The molecule has 1 aromatic carbocycles. The third-order valence-electron chi connectivity index (χ3n) is 2.86. The molecule has 5 heteroatoms. The van der Waals surface area contributed by atoms with Gasteiger partial charge in [-0.15, -0.1) is 0 Å². The first-order valence-electron chi connectivity index (χ1n) is 6.91. The number of hydrogen-bond donors (Lipinski definition) is 1. The summed E-state index contributed by atoms with van der Waals surface area (Å²) in [4.78, 5) is 4.22. The third-order valence-corrected chi connectivity index (χ3v) is 3.33. The van der Waals surface area contributed by atoms with Crippen molar-refractivity contribution in [1.82, 2.24) is 10.3 Å². The molecule has 1 heterocycles. The molecule has 0 unspecified atom stereocenters. The maximum atomic E-state index is 13.6. The number of rotatable bonds is 7.